The lowest BCUT2D eigenvalue weighted by molar-refractivity contribution is 0.572. The number of hydrogen-bond acceptors (Lipinski definition) is 5. The van der Waals surface area contributed by atoms with Gasteiger partial charge in [-0.05, 0) is 316 Å². The lowest BCUT2D eigenvalue weighted by Gasteiger charge is -2.33. The van der Waals surface area contributed by atoms with Crippen molar-refractivity contribution in [3.63, 3.8) is 0 Å². The molecule has 0 radical (unpaired) electrons. The van der Waals surface area contributed by atoms with Gasteiger partial charge in [-0.25, -0.2) is 8.78 Å². The molecule has 0 fully saturated rings. The molecule has 0 bridgehead atoms. The van der Waals surface area contributed by atoms with E-state index in [9.17, 15) is 8.78 Å². The molecule has 23 aromatic rings. The van der Waals surface area contributed by atoms with Gasteiger partial charge in [-0.2, -0.15) is 0 Å². The molecule has 0 aliphatic carbocycles. The zero-order valence-corrected chi connectivity index (χ0v) is 76.1. The number of rotatable bonds is 9. The lowest BCUT2D eigenvalue weighted by Crippen LogP contribution is -2.57. The SMILES string of the molecule is Brc1c(Sc2cccc(-c3cc4ccccc4c4ccccc34)c2)cccc1Sc1cccc(-c2cc3ccccc3c3ccccc23)c1.Fc1cccc(F)c1Br.Sc1cccc(-c2cc3ccccc3c3ccccc23)c1.c1cc2c3c(c1)Sc1cc(-c4cc5ccccc5c5ccccc45)ccc1B3c1ccc(-c3cc4ccccc4c4ccccc34)cc1S2. The van der Waals surface area contributed by atoms with Crippen molar-refractivity contribution in [2.75, 3.05) is 0 Å². The van der Waals surface area contributed by atoms with E-state index < -0.39 is 11.6 Å². The highest BCUT2D eigenvalue weighted by atomic mass is 79.9. The molecule has 2 aliphatic rings. The van der Waals surface area contributed by atoms with Crippen molar-refractivity contribution in [2.24, 2.45) is 0 Å². The molecule has 10 heteroatoms. The molecular formula is C118H73BBr2F2S5. The first-order valence-corrected chi connectivity index (χ1v) is 47.9. The summed E-state index contributed by atoms with van der Waals surface area (Å²) in [6.45, 7) is 0.212. The van der Waals surface area contributed by atoms with Crippen molar-refractivity contribution >= 4 is 222 Å². The minimum absolute atomic E-state index is 0.106. The second-order valence-electron chi connectivity index (χ2n) is 32.2. The van der Waals surface area contributed by atoms with E-state index >= 15 is 0 Å². The predicted molar refractivity (Wildman–Crippen MR) is 557 cm³/mol. The number of benzene rings is 23. The molecule has 23 aromatic carbocycles. The summed E-state index contributed by atoms with van der Waals surface area (Å²) in [7, 11) is 0. The predicted octanol–water partition coefficient (Wildman–Crippen LogP) is 34.5. The number of halogens is 4. The lowest BCUT2D eigenvalue weighted by atomic mass is 9.36. The van der Waals surface area contributed by atoms with Crippen LogP contribution in [0.15, 0.2) is 490 Å². The summed E-state index contributed by atoms with van der Waals surface area (Å²) in [4.78, 5) is 11.3. The molecule has 0 saturated heterocycles. The van der Waals surface area contributed by atoms with E-state index in [2.05, 4.69) is 457 Å². The molecular weight excluding hydrogens is 1790 g/mol. The Bertz CT molecular complexity index is 8010. The average molecular weight is 1860 g/mol. The molecule has 2 aliphatic heterocycles. The molecule has 0 saturated carbocycles. The largest absolute Gasteiger partial charge is 0.247 e. The van der Waals surface area contributed by atoms with Crippen LogP contribution in [0.3, 0.4) is 0 Å². The highest BCUT2D eigenvalue weighted by molar-refractivity contribution is 9.10. The minimum atomic E-state index is -0.574. The van der Waals surface area contributed by atoms with Gasteiger partial charge in [-0.3, -0.25) is 0 Å². The van der Waals surface area contributed by atoms with Crippen molar-refractivity contribution < 1.29 is 8.78 Å². The molecule has 2 heterocycles. The molecule has 0 amide bonds. The van der Waals surface area contributed by atoms with Crippen LogP contribution >= 0.6 is 91.5 Å². The molecule has 25 rings (SSSR count). The van der Waals surface area contributed by atoms with E-state index in [1.165, 1.54) is 237 Å². The van der Waals surface area contributed by atoms with Crippen LogP contribution in [0.25, 0.3) is 163 Å². The summed E-state index contributed by atoms with van der Waals surface area (Å²) in [5, 5.41) is 25.8. The van der Waals surface area contributed by atoms with Gasteiger partial charge in [-0.15, -0.1) is 12.6 Å². The van der Waals surface area contributed by atoms with Crippen LogP contribution in [0.5, 0.6) is 0 Å². The maximum absolute atomic E-state index is 12.3. The maximum Gasteiger partial charge on any atom is 0.247 e. The van der Waals surface area contributed by atoms with Gasteiger partial charge in [-0.1, -0.05) is 379 Å². The molecule has 0 aromatic heterocycles. The Morgan fingerprint density at radius 3 is 0.828 bits per heavy atom. The van der Waals surface area contributed by atoms with Crippen molar-refractivity contribution in [2.45, 2.75) is 44.1 Å². The van der Waals surface area contributed by atoms with Crippen molar-refractivity contribution in [1.29, 1.82) is 0 Å². The van der Waals surface area contributed by atoms with Gasteiger partial charge in [0.2, 0.25) is 6.71 Å². The summed E-state index contributed by atoms with van der Waals surface area (Å²) >= 11 is 18.7. The van der Waals surface area contributed by atoms with Crippen LogP contribution < -0.4 is 16.4 Å². The molecule has 0 nitrogen and oxygen atoms in total. The molecule has 606 valence electrons. The van der Waals surface area contributed by atoms with Gasteiger partial charge in [0.15, 0.2) is 0 Å². The Morgan fingerprint density at radius 2 is 0.500 bits per heavy atom. The summed E-state index contributed by atoms with van der Waals surface area (Å²) in [6, 6.07) is 157. The van der Waals surface area contributed by atoms with Crippen molar-refractivity contribution in [1.82, 2.24) is 0 Å². The molecule has 0 unspecified atom stereocenters. The third kappa shape index (κ3) is 15.5. The second-order valence-corrected chi connectivity index (χ2v) is 38.7. The van der Waals surface area contributed by atoms with Crippen LogP contribution in [0.1, 0.15) is 0 Å². The van der Waals surface area contributed by atoms with Gasteiger partial charge < -0.3 is 0 Å². The fraction of sp³-hybridized carbons (Fsp3) is 0. The first-order valence-electron chi connectivity index (χ1n) is 42.6. The summed E-state index contributed by atoms with van der Waals surface area (Å²) in [6.07, 6.45) is 0. The van der Waals surface area contributed by atoms with Crippen LogP contribution in [0.4, 0.5) is 8.78 Å². The maximum atomic E-state index is 12.3. The molecule has 128 heavy (non-hydrogen) atoms. The zero-order chi connectivity index (χ0) is 85.9. The summed E-state index contributed by atoms with van der Waals surface area (Å²) in [5.74, 6) is -1.15. The Hall–Kier alpha value is -12.7. The quantitative estimate of drug-likeness (QED) is 0.0662. The minimum Gasteiger partial charge on any atom is -0.206 e. The van der Waals surface area contributed by atoms with Crippen LogP contribution in [0.2, 0.25) is 0 Å². The van der Waals surface area contributed by atoms with E-state index in [0.717, 1.165) is 9.37 Å². The molecule has 0 N–H and O–H groups in total. The summed E-state index contributed by atoms with van der Waals surface area (Å²) < 4.78 is 25.6. The number of hydrogen-bond donors (Lipinski definition) is 1. The number of thiol groups is 1. The van der Waals surface area contributed by atoms with Gasteiger partial charge in [0, 0.05) is 48.5 Å². The Kier molecular flexibility index (Phi) is 22.3. The Balaban J connectivity index is 0.000000115. The second kappa shape index (κ2) is 35.2. The van der Waals surface area contributed by atoms with Gasteiger partial charge >= 0.3 is 0 Å². The van der Waals surface area contributed by atoms with Crippen molar-refractivity contribution in [3.05, 3.63) is 457 Å². The standard InChI is InChI=1S/C46H27BS2.C46H29BrS2.C20H14S.C6H3BrF2/c1-3-12-32-28(10-1)24-38(36-16-7-5-14-34(32)36)30-20-22-40-44(26-30)48-42-18-9-19-43-46(42)47(40)41-23-21-31(27-45(41)49-43)39-25-29-11-2-4-13-33(29)35-15-6-8-17-37(35)39;47-46-44(48-34-16-9-14-30(26-34)42-28-32-12-1-3-18-36(32)38-20-5-7-22-40(38)42)24-11-25-45(46)49-35-17-10-15-31(27-35)43-29-33-13-2-4-19-37(33)39-21-6-8-23-41(39)43;21-16-8-5-7-14(12-16)20-13-15-6-1-2-9-17(15)18-10-3-4-11-19(18)20;7-6-4(8)2-1-3-5(6)9/h1-27H;1-29H;1-13,21H;1-3H. The van der Waals surface area contributed by atoms with Gasteiger partial charge in [0.05, 0.1) is 4.47 Å². The Morgan fingerprint density at radius 1 is 0.227 bits per heavy atom. The third-order valence-electron chi connectivity index (χ3n) is 24.6. The van der Waals surface area contributed by atoms with E-state index in [4.69, 9.17) is 0 Å². The van der Waals surface area contributed by atoms with Gasteiger partial charge in [0.25, 0.3) is 0 Å². The Labute approximate surface area is 780 Å². The monoisotopic (exact) mass is 1860 g/mol. The normalized spacial score (nSPS) is 11.9. The van der Waals surface area contributed by atoms with E-state index in [1.807, 2.05) is 29.6 Å². The highest BCUT2D eigenvalue weighted by Crippen LogP contribution is 2.48. The first-order chi connectivity index (χ1) is 63.0. The topological polar surface area (TPSA) is 0 Å². The fourth-order valence-corrected chi connectivity index (χ4v) is 24.4. The van der Waals surface area contributed by atoms with Crippen LogP contribution in [0, 0.1) is 11.6 Å². The summed E-state index contributed by atoms with van der Waals surface area (Å²) in [5.41, 5.74) is 16.9. The third-order valence-corrected chi connectivity index (χ3v) is 31.4. The van der Waals surface area contributed by atoms with Crippen LogP contribution in [-0.2, 0) is 0 Å². The van der Waals surface area contributed by atoms with Crippen molar-refractivity contribution in [3.8, 4) is 55.6 Å². The highest BCUT2D eigenvalue weighted by Gasteiger charge is 2.38. The van der Waals surface area contributed by atoms with E-state index in [0.29, 0.717) is 0 Å². The fourth-order valence-electron chi connectivity index (χ4n) is 18.7. The zero-order valence-electron chi connectivity index (χ0n) is 68.7. The van der Waals surface area contributed by atoms with Gasteiger partial charge in [0.1, 0.15) is 11.6 Å². The van der Waals surface area contributed by atoms with E-state index in [1.54, 1.807) is 23.5 Å². The number of fused-ring (bicyclic) bond motifs is 19. The van der Waals surface area contributed by atoms with E-state index in [-0.39, 0.29) is 11.2 Å². The van der Waals surface area contributed by atoms with Crippen LogP contribution in [-0.4, -0.2) is 6.71 Å². The average Bonchev–Trinajstić information content (AvgIpc) is 0.720. The molecule has 0 atom stereocenters. The first kappa shape index (κ1) is 81.1. The molecule has 0 spiro atoms. The smallest absolute Gasteiger partial charge is 0.206 e.